The van der Waals surface area contributed by atoms with Gasteiger partial charge in [0.15, 0.2) is 0 Å². The molecule has 0 aliphatic carbocycles. The lowest BCUT2D eigenvalue weighted by molar-refractivity contribution is -0.137. The fraction of sp³-hybridized carbons (Fsp3) is 0.381. The van der Waals surface area contributed by atoms with Crippen LogP contribution in [0.2, 0.25) is 0 Å². The smallest absolute Gasteiger partial charge is 0.225 e. The first-order chi connectivity index (χ1) is 12.5. The van der Waals surface area contributed by atoms with E-state index in [1.807, 2.05) is 43.0 Å². The van der Waals surface area contributed by atoms with E-state index in [9.17, 15) is 13.6 Å². The Kier molecular flexibility index (Phi) is 5.67. The summed E-state index contributed by atoms with van der Waals surface area (Å²) >= 11 is 0. The highest BCUT2D eigenvalue weighted by atomic mass is 19.1. The molecule has 1 saturated heterocycles. The van der Waals surface area contributed by atoms with Crippen LogP contribution in [0.15, 0.2) is 42.5 Å². The number of hydrogen-bond donors (Lipinski definition) is 1. The van der Waals surface area contributed by atoms with Crippen molar-refractivity contribution >= 4 is 5.91 Å². The monoisotopic (exact) mass is 358 g/mol. The molecular weight excluding hydrogens is 334 g/mol. The summed E-state index contributed by atoms with van der Waals surface area (Å²) in [4.78, 5) is 14.7. The summed E-state index contributed by atoms with van der Waals surface area (Å²) in [6, 6.07) is 11.2. The Bertz CT molecular complexity index is 785. The van der Waals surface area contributed by atoms with Gasteiger partial charge in [0, 0.05) is 36.7 Å². The molecule has 0 unspecified atom stereocenters. The van der Waals surface area contributed by atoms with E-state index in [1.165, 1.54) is 12.1 Å². The molecule has 0 bridgehead atoms. The average Bonchev–Trinajstić information content (AvgIpc) is 3.14. The van der Waals surface area contributed by atoms with Crippen LogP contribution in [-0.4, -0.2) is 29.9 Å². The number of nitrogens with zero attached hydrogens (tertiary/aromatic N) is 1. The van der Waals surface area contributed by atoms with Crippen LogP contribution < -0.4 is 5.32 Å². The maximum Gasteiger partial charge on any atom is 0.225 e. The second-order valence-corrected chi connectivity index (χ2v) is 7.05. The van der Waals surface area contributed by atoms with E-state index < -0.39 is 11.6 Å². The molecule has 0 saturated carbocycles. The first-order valence-electron chi connectivity index (χ1n) is 9.02. The van der Waals surface area contributed by atoms with E-state index in [0.29, 0.717) is 17.7 Å². The van der Waals surface area contributed by atoms with Gasteiger partial charge in [0.05, 0.1) is 0 Å². The first-order valence-corrected chi connectivity index (χ1v) is 9.02. The Hall–Kier alpha value is -2.27. The van der Waals surface area contributed by atoms with E-state index in [1.54, 1.807) is 0 Å². The Morgan fingerprint density at radius 3 is 2.62 bits per heavy atom. The highest BCUT2D eigenvalue weighted by molar-refractivity contribution is 5.79. The van der Waals surface area contributed by atoms with Gasteiger partial charge in [-0.25, -0.2) is 8.78 Å². The number of benzene rings is 2. The summed E-state index contributed by atoms with van der Waals surface area (Å²) < 4.78 is 27.6. The minimum Gasteiger partial charge on any atom is -0.334 e. The summed E-state index contributed by atoms with van der Waals surface area (Å²) in [7, 11) is 0. The Morgan fingerprint density at radius 1 is 1.19 bits per heavy atom. The lowest BCUT2D eigenvalue weighted by Gasteiger charge is -2.31. The molecule has 2 aromatic rings. The lowest BCUT2D eigenvalue weighted by Crippen LogP contribution is -2.43. The van der Waals surface area contributed by atoms with Crippen molar-refractivity contribution in [3.63, 3.8) is 0 Å². The minimum atomic E-state index is -0.600. The summed E-state index contributed by atoms with van der Waals surface area (Å²) in [6.07, 6.45) is 0.908. The summed E-state index contributed by atoms with van der Waals surface area (Å²) in [5.41, 5.74) is 1.90. The molecule has 0 spiro atoms. The number of amides is 1. The molecule has 1 heterocycles. The van der Waals surface area contributed by atoms with Crippen LogP contribution >= 0.6 is 0 Å². The standard InChI is InChI=1S/C21H24F2N2O/c1-14(2)21(26)25(17-9-10-24-12-17)13-15-5-3-4-6-18(15)19-8-7-16(22)11-20(19)23/h3-8,11,14,17,24H,9-10,12-13H2,1-2H3/t17-/m0/s1. The van der Waals surface area contributed by atoms with Crippen LogP contribution in [0.1, 0.15) is 25.8 Å². The predicted octanol–water partition coefficient (Wildman–Crippen LogP) is 3.98. The van der Waals surface area contributed by atoms with Crippen molar-refractivity contribution in [3.05, 3.63) is 59.7 Å². The van der Waals surface area contributed by atoms with Gasteiger partial charge in [0.2, 0.25) is 5.91 Å². The number of carbonyl (C=O) groups excluding carboxylic acids is 1. The normalized spacial score (nSPS) is 16.9. The van der Waals surface area contributed by atoms with E-state index >= 15 is 0 Å². The SMILES string of the molecule is CC(C)C(=O)N(Cc1ccccc1-c1ccc(F)cc1F)[C@H]1CCNC1. The molecule has 1 N–H and O–H groups in total. The van der Waals surface area contributed by atoms with Gasteiger partial charge >= 0.3 is 0 Å². The molecule has 138 valence electrons. The molecule has 1 aliphatic rings. The van der Waals surface area contributed by atoms with Crippen molar-refractivity contribution < 1.29 is 13.6 Å². The van der Waals surface area contributed by atoms with E-state index in [4.69, 9.17) is 0 Å². The molecule has 5 heteroatoms. The van der Waals surface area contributed by atoms with Crippen LogP contribution in [0.25, 0.3) is 11.1 Å². The second kappa shape index (κ2) is 7.96. The van der Waals surface area contributed by atoms with Gasteiger partial charge < -0.3 is 10.2 Å². The zero-order valence-corrected chi connectivity index (χ0v) is 15.1. The molecule has 1 atom stereocenters. The first kappa shape index (κ1) is 18.5. The summed E-state index contributed by atoms with van der Waals surface area (Å²) in [6.45, 7) is 5.86. The zero-order chi connectivity index (χ0) is 18.7. The topological polar surface area (TPSA) is 32.3 Å². The molecule has 0 aromatic heterocycles. The number of nitrogens with one attached hydrogen (secondary N) is 1. The van der Waals surface area contributed by atoms with Crippen LogP contribution in [0.5, 0.6) is 0 Å². The van der Waals surface area contributed by atoms with Crippen molar-refractivity contribution in [2.24, 2.45) is 5.92 Å². The summed E-state index contributed by atoms with van der Waals surface area (Å²) in [5.74, 6) is -1.21. The fourth-order valence-corrected chi connectivity index (χ4v) is 3.44. The van der Waals surface area contributed by atoms with Gasteiger partial charge in [-0.1, -0.05) is 38.1 Å². The Morgan fingerprint density at radius 2 is 1.96 bits per heavy atom. The quantitative estimate of drug-likeness (QED) is 0.877. The minimum absolute atomic E-state index is 0.0908. The van der Waals surface area contributed by atoms with Crippen LogP contribution in [0, 0.1) is 17.6 Å². The zero-order valence-electron chi connectivity index (χ0n) is 15.1. The number of carbonyl (C=O) groups is 1. The van der Waals surface area contributed by atoms with E-state index in [2.05, 4.69) is 5.32 Å². The van der Waals surface area contributed by atoms with Crippen LogP contribution in [-0.2, 0) is 11.3 Å². The number of rotatable bonds is 5. The van der Waals surface area contributed by atoms with E-state index in [-0.39, 0.29) is 17.9 Å². The van der Waals surface area contributed by atoms with Gasteiger partial charge in [-0.15, -0.1) is 0 Å². The highest BCUT2D eigenvalue weighted by Crippen LogP contribution is 2.29. The van der Waals surface area contributed by atoms with E-state index in [0.717, 1.165) is 31.1 Å². The second-order valence-electron chi connectivity index (χ2n) is 7.05. The van der Waals surface area contributed by atoms with Gasteiger partial charge in [0.1, 0.15) is 11.6 Å². The number of halogens is 2. The Labute approximate surface area is 153 Å². The summed E-state index contributed by atoms with van der Waals surface area (Å²) in [5, 5.41) is 3.30. The highest BCUT2D eigenvalue weighted by Gasteiger charge is 2.28. The number of hydrogen-bond acceptors (Lipinski definition) is 2. The van der Waals surface area contributed by atoms with Crippen LogP contribution in [0.4, 0.5) is 8.78 Å². The van der Waals surface area contributed by atoms with Gasteiger partial charge in [-0.05, 0) is 36.2 Å². The molecule has 0 radical (unpaired) electrons. The maximum atomic E-state index is 14.3. The van der Waals surface area contributed by atoms with Gasteiger partial charge in [-0.3, -0.25) is 4.79 Å². The third-order valence-corrected chi connectivity index (χ3v) is 4.83. The third-order valence-electron chi connectivity index (χ3n) is 4.83. The molecule has 2 aromatic carbocycles. The molecular formula is C21H24F2N2O. The van der Waals surface area contributed by atoms with Gasteiger partial charge in [-0.2, -0.15) is 0 Å². The average molecular weight is 358 g/mol. The third kappa shape index (κ3) is 3.93. The van der Waals surface area contributed by atoms with Gasteiger partial charge in [0.25, 0.3) is 0 Å². The fourth-order valence-electron chi connectivity index (χ4n) is 3.44. The Balaban J connectivity index is 1.96. The van der Waals surface area contributed by atoms with Crippen molar-refractivity contribution in [1.82, 2.24) is 10.2 Å². The van der Waals surface area contributed by atoms with Crippen molar-refractivity contribution in [2.75, 3.05) is 13.1 Å². The van der Waals surface area contributed by atoms with Crippen molar-refractivity contribution in [1.29, 1.82) is 0 Å². The van der Waals surface area contributed by atoms with Crippen molar-refractivity contribution in [2.45, 2.75) is 32.9 Å². The molecule has 1 fully saturated rings. The maximum absolute atomic E-state index is 14.3. The van der Waals surface area contributed by atoms with Crippen LogP contribution in [0.3, 0.4) is 0 Å². The molecule has 26 heavy (non-hydrogen) atoms. The predicted molar refractivity (Wildman–Crippen MR) is 98.5 cm³/mol. The largest absolute Gasteiger partial charge is 0.334 e. The molecule has 1 amide bonds. The van der Waals surface area contributed by atoms with Crippen molar-refractivity contribution in [3.8, 4) is 11.1 Å². The lowest BCUT2D eigenvalue weighted by atomic mass is 9.97. The molecule has 3 nitrogen and oxygen atoms in total. The molecule has 1 aliphatic heterocycles. The molecule has 3 rings (SSSR count).